The van der Waals surface area contributed by atoms with E-state index in [0.717, 1.165) is 56.9 Å². The van der Waals surface area contributed by atoms with Gasteiger partial charge < -0.3 is 10.2 Å². The average Bonchev–Trinajstić information content (AvgIpc) is 2.88. The summed E-state index contributed by atoms with van der Waals surface area (Å²) in [4.78, 5) is 27.6. The highest BCUT2D eigenvalue weighted by Gasteiger charge is 2.29. The van der Waals surface area contributed by atoms with Crippen molar-refractivity contribution >= 4 is 27.5 Å². The number of nitrogens with zero attached hydrogens (tertiary/aromatic N) is 1. The van der Waals surface area contributed by atoms with Crippen molar-refractivity contribution in [1.29, 1.82) is 0 Å². The van der Waals surface area contributed by atoms with Gasteiger partial charge in [-0.1, -0.05) is 25.5 Å². The van der Waals surface area contributed by atoms with Crippen molar-refractivity contribution in [3.63, 3.8) is 0 Å². The molecule has 4 rings (SSSR count). The normalized spacial score (nSPS) is 18.0. The second-order valence-electron chi connectivity index (χ2n) is 9.56. The van der Waals surface area contributed by atoms with Gasteiger partial charge in [-0.05, 0) is 86.4 Å². The molecule has 0 saturated carbocycles. The molecule has 188 valence electrons. The van der Waals surface area contributed by atoms with Crippen molar-refractivity contribution < 1.29 is 18.0 Å². The lowest BCUT2D eigenvalue weighted by Gasteiger charge is -2.32. The Bertz CT molecular complexity index is 1180. The van der Waals surface area contributed by atoms with Crippen LogP contribution in [0.1, 0.15) is 66.9 Å². The summed E-state index contributed by atoms with van der Waals surface area (Å²) in [5.41, 5.74) is 3.07. The van der Waals surface area contributed by atoms with Gasteiger partial charge in [0.1, 0.15) is 0 Å². The van der Waals surface area contributed by atoms with Gasteiger partial charge in [0.15, 0.2) is 0 Å². The first-order chi connectivity index (χ1) is 16.9. The molecule has 1 aliphatic carbocycles. The second-order valence-corrected chi connectivity index (χ2v) is 11.2. The van der Waals surface area contributed by atoms with Gasteiger partial charge in [-0.3, -0.25) is 14.3 Å². The number of likely N-dealkylation sites (tertiary alicyclic amines) is 1. The van der Waals surface area contributed by atoms with Crippen molar-refractivity contribution in [2.24, 2.45) is 5.92 Å². The average molecular weight is 498 g/mol. The van der Waals surface area contributed by atoms with Gasteiger partial charge in [0, 0.05) is 30.9 Å². The molecule has 0 unspecified atom stereocenters. The van der Waals surface area contributed by atoms with Crippen LogP contribution in [0.5, 0.6) is 0 Å². The molecular weight excluding hydrogens is 462 g/mol. The van der Waals surface area contributed by atoms with Crippen LogP contribution in [0.2, 0.25) is 0 Å². The number of aryl methyl sites for hydroxylation is 2. The van der Waals surface area contributed by atoms with E-state index in [2.05, 4.69) is 17.0 Å². The van der Waals surface area contributed by atoms with Crippen LogP contribution in [0.15, 0.2) is 47.4 Å². The first-order valence-corrected chi connectivity index (χ1v) is 14.2. The maximum atomic E-state index is 13.2. The molecule has 1 saturated heterocycles. The Morgan fingerprint density at radius 1 is 1.03 bits per heavy atom. The molecule has 0 radical (unpaired) electrons. The molecule has 2 amide bonds. The summed E-state index contributed by atoms with van der Waals surface area (Å²) in [5.74, 6) is -0.399. The van der Waals surface area contributed by atoms with Crippen LogP contribution in [-0.2, 0) is 27.7 Å². The number of carbonyl (C=O) groups excluding carboxylic acids is 2. The molecule has 1 heterocycles. The number of hydrogen-bond acceptors (Lipinski definition) is 4. The number of hydrogen-bond donors (Lipinski definition) is 2. The number of rotatable bonds is 8. The van der Waals surface area contributed by atoms with Crippen LogP contribution < -0.4 is 10.0 Å². The predicted molar refractivity (Wildman–Crippen MR) is 137 cm³/mol. The fourth-order valence-electron chi connectivity index (χ4n) is 4.90. The van der Waals surface area contributed by atoms with E-state index >= 15 is 0 Å². The molecule has 2 aromatic rings. The van der Waals surface area contributed by atoms with Crippen LogP contribution in [0, 0.1) is 5.92 Å². The highest BCUT2D eigenvalue weighted by atomic mass is 32.2. The van der Waals surface area contributed by atoms with Gasteiger partial charge in [-0.2, -0.15) is 0 Å². The highest BCUT2D eigenvalue weighted by molar-refractivity contribution is 7.92. The Kier molecular flexibility index (Phi) is 8.11. The minimum atomic E-state index is -3.77. The van der Waals surface area contributed by atoms with Crippen molar-refractivity contribution in [1.82, 2.24) is 10.2 Å². The van der Waals surface area contributed by atoms with Crippen molar-refractivity contribution in [2.45, 2.75) is 63.2 Å². The number of anilines is 1. The van der Waals surface area contributed by atoms with Gasteiger partial charge in [0.25, 0.3) is 15.9 Å². The van der Waals surface area contributed by atoms with E-state index in [0.29, 0.717) is 30.9 Å². The molecule has 2 aliphatic rings. The van der Waals surface area contributed by atoms with Crippen molar-refractivity contribution in [2.75, 3.05) is 24.4 Å². The maximum absolute atomic E-state index is 13.2. The summed E-state index contributed by atoms with van der Waals surface area (Å²) in [7, 11) is -3.77. The summed E-state index contributed by atoms with van der Waals surface area (Å²) in [6.07, 6.45) is 7.59. The molecule has 0 aromatic heterocycles. The van der Waals surface area contributed by atoms with E-state index in [4.69, 9.17) is 0 Å². The SMILES string of the molecule is CCCCNC(=O)[C@@H]1CCCN(C(=O)c2cccc(NS(=O)(=O)c3ccc4c(c3)CCCC4)c2)C1. The fourth-order valence-corrected chi connectivity index (χ4v) is 6.00. The van der Waals surface area contributed by atoms with E-state index in [9.17, 15) is 18.0 Å². The van der Waals surface area contributed by atoms with Crippen molar-refractivity contribution in [3.05, 3.63) is 59.2 Å². The van der Waals surface area contributed by atoms with Gasteiger partial charge in [0.05, 0.1) is 10.8 Å². The Morgan fingerprint density at radius 3 is 2.63 bits per heavy atom. The Balaban J connectivity index is 1.44. The van der Waals surface area contributed by atoms with Gasteiger partial charge in [0.2, 0.25) is 5.91 Å². The molecule has 2 N–H and O–H groups in total. The van der Waals surface area contributed by atoms with Crippen LogP contribution in [0.4, 0.5) is 5.69 Å². The summed E-state index contributed by atoms with van der Waals surface area (Å²) in [6.45, 7) is 3.70. The summed E-state index contributed by atoms with van der Waals surface area (Å²) >= 11 is 0. The highest BCUT2D eigenvalue weighted by Crippen LogP contribution is 2.26. The van der Waals surface area contributed by atoms with E-state index in [1.807, 2.05) is 6.07 Å². The first-order valence-electron chi connectivity index (χ1n) is 12.7. The maximum Gasteiger partial charge on any atom is 0.261 e. The molecule has 1 aliphatic heterocycles. The van der Waals surface area contributed by atoms with E-state index in [-0.39, 0.29) is 22.6 Å². The van der Waals surface area contributed by atoms with Gasteiger partial charge >= 0.3 is 0 Å². The number of piperidine rings is 1. The zero-order valence-corrected chi connectivity index (χ0v) is 21.2. The first kappa shape index (κ1) is 25.2. The van der Waals surface area contributed by atoms with Gasteiger partial charge in [-0.25, -0.2) is 8.42 Å². The quantitative estimate of drug-likeness (QED) is 0.536. The Labute approximate surface area is 208 Å². The summed E-state index contributed by atoms with van der Waals surface area (Å²) in [5, 5.41) is 2.97. The third kappa shape index (κ3) is 6.23. The van der Waals surface area contributed by atoms with E-state index in [1.165, 1.54) is 5.56 Å². The number of carbonyl (C=O) groups is 2. The zero-order chi connectivity index (χ0) is 24.8. The lowest BCUT2D eigenvalue weighted by atomic mass is 9.92. The third-order valence-corrected chi connectivity index (χ3v) is 8.28. The molecular formula is C27H35N3O4S. The molecule has 0 bridgehead atoms. The fraction of sp³-hybridized carbons (Fsp3) is 0.481. The van der Waals surface area contributed by atoms with Crippen LogP contribution in [-0.4, -0.2) is 44.8 Å². The zero-order valence-electron chi connectivity index (χ0n) is 20.4. The Morgan fingerprint density at radius 2 is 1.83 bits per heavy atom. The molecule has 2 aromatic carbocycles. The predicted octanol–water partition coefficient (Wildman–Crippen LogP) is 4.13. The number of benzene rings is 2. The molecule has 1 fully saturated rings. The monoisotopic (exact) mass is 497 g/mol. The standard InChI is InChI=1S/C27H35N3O4S/c1-2-3-15-28-26(31)23-11-7-16-30(19-23)27(32)22-10-6-12-24(17-22)29-35(33,34)25-14-13-20-8-4-5-9-21(20)18-25/h6,10,12-14,17-18,23,29H,2-5,7-9,11,15-16,19H2,1H3,(H,28,31)/t23-/m1/s1. The Hall–Kier alpha value is -2.87. The second kappa shape index (κ2) is 11.2. The topological polar surface area (TPSA) is 95.6 Å². The summed E-state index contributed by atoms with van der Waals surface area (Å²) < 4.78 is 28.7. The summed E-state index contributed by atoms with van der Waals surface area (Å²) in [6, 6.07) is 11.9. The van der Waals surface area contributed by atoms with E-state index in [1.54, 1.807) is 41.3 Å². The molecule has 8 heteroatoms. The van der Waals surface area contributed by atoms with Crippen molar-refractivity contribution in [3.8, 4) is 0 Å². The third-order valence-electron chi connectivity index (χ3n) is 6.90. The molecule has 1 atom stereocenters. The minimum Gasteiger partial charge on any atom is -0.356 e. The number of fused-ring (bicyclic) bond motifs is 1. The smallest absolute Gasteiger partial charge is 0.261 e. The van der Waals surface area contributed by atoms with Crippen LogP contribution in [0.3, 0.4) is 0 Å². The lowest BCUT2D eigenvalue weighted by molar-refractivity contribution is -0.126. The van der Waals surface area contributed by atoms with Crippen LogP contribution >= 0.6 is 0 Å². The minimum absolute atomic E-state index is 0.00232. The lowest BCUT2D eigenvalue weighted by Crippen LogP contribution is -2.45. The number of nitrogens with one attached hydrogen (secondary N) is 2. The number of unbranched alkanes of at least 4 members (excludes halogenated alkanes) is 1. The van der Waals surface area contributed by atoms with E-state index < -0.39 is 10.0 Å². The van der Waals surface area contributed by atoms with Gasteiger partial charge in [-0.15, -0.1) is 0 Å². The number of sulfonamides is 1. The molecule has 35 heavy (non-hydrogen) atoms. The van der Waals surface area contributed by atoms with Crippen LogP contribution in [0.25, 0.3) is 0 Å². The molecule has 0 spiro atoms. The molecule has 7 nitrogen and oxygen atoms in total. The largest absolute Gasteiger partial charge is 0.356 e. The number of amides is 2.